The van der Waals surface area contributed by atoms with Crippen LogP contribution in [0.2, 0.25) is 0 Å². The lowest BCUT2D eigenvalue weighted by atomic mass is 9.75. The molecule has 1 heterocycles. The number of fused-ring (bicyclic) bond motifs is 4. The van der Waals surface area contributed by atoms with Crippen LogP contribution < -0.4 is 10.1 Å². The summed E-state index contributed by atoms with van der Waals surface area (Å²) in [4.78, 5) is 11.2. The van der Waals surface area contributed by atoms with Gasteiger partial charge in [0.25, 0.3) is 5.69 Å². The van der Waals surface area contributed by atoms with Crippen molar-refractivity contribution in [2.75, 3.05) is 12.4 Å². The molecule has 0 spiro atoms. The van der Waals surface area contributed by atoms with Crippen molar-refractivity contribution in [3.63, 3.8) is 0 Å². The molecule has 5 heteroatoms. The van der Waals surface area contributed by atoms with Crippen molar-refractivity contribution in [3.05, 3.63) is 87.5 Å². The van der Waals surface area contributed by atoms with Crippen molar-refractivity contribution in [2.24, 2.45) is 5.92 Å². The smallest absolute Gasteiger partial charge is 0.274 e. The topological polar surface area (TPSA) is 64.4 Å². The standard InChI is InChI=1S/C24H22N2O3/c1-14-20(26(27)28)12-11-19-17-8-5-9-18(17)24(25-23(14)19)22-16-7-4-3-6-15(16)10-13-21(22)29-2/h3-8,10-13,17-18,24-25H,9H2,1-2H3. The number of allylic oxidation sites excluding steroid dienone is 2. The van der Waals surface area contributed by atoms with Gasteiger partial charge in [-0.2, -0.15) is 0 Å². The van der Waals surface area contributed by atoms with Crippen molar-refractivity contribution >= 4 is 22.1 Å². The summed E-state index contributed by atoms with van der Waals surface area (Å²) in [7, 11) is 1.70. The van der Waals surface area contributed by atoms with Crippen LogP contribution >= 0.6 is 0 Å². The third-order valence-corrected chi connectivity index (χ3v) is 6.43. The van der Waals surface area contributed by atoms with Gasteiger partial charge in [0.15, 0.2) is 0 Å². The van der Waals surface area contributed by atoms with Gasteiger partial charge in [-0.3, -0.25) is 10.1 Å². The molecular weight excluding hydrogens is 364 g/mol. The molecule has 3 aromatic carbocycles. The van der Waals surface area contributed by atoms with Crippen LogP contribution in [0.5, 0.6) is 5.75 Å². The van der Waals surface area contributed by atoms with E-state index in [2.05, 4.69) is 35.7 Å². The van der Waals surface area contributed by atoms with Crippen molar-refractivity contribution in [3.8, 4) is 5.75 Å². The lowest BCUT2D eigenvalue weighted by Gasteiger charge is -2.39. The number of anilines is 1. The maximum Gasteiger partial charge on any atom is 0.274 e. The molecule has 3 aromatic rings. The molecule has 0 fully saturated rings. The number of nitrogens with zero attached hydrogens (tertiary/aromatic N) is 1. The fourth-order valence-electron chi connectivity index (χ4n) is 5.06. The quantitative estimate of drug-likeness (QED) is 0.346. The number of hydrogen-bond acceptors (Lipinski definition) is 4. The van der Waals surface area contributed by atoms with Gasteiger partial charge in [-0.15, -0.1) is 0 Å². The van der Waals surface area contributed by atoms with E-state index in [0.717, 1.165) is 39.8 Å². The molecular formula is C24H22N2O3. The van der Waals surface area contributed by atoms with Crippen molar-refractivity contribution in [1.29, 1.82) is 0 Å². The number of nitro groups is 1. The van der Waals surface area contributed by atoms with Gasteiger partial charge in [-0.25, -0.2) is 0 Å². The molecule has 1 N–H and O–H groups in total. The molecule has 0 amide bonds. The van der Waals surface area contributed by atoms with Gasteiger partial charge in [0, 0.05) is 23.2 Å². The summed E-state index contributed by atoms with van der Waals surface area (Å²) in [6, 6.07) is 16.0. The second-order valence-electron chi connectivity index (χ2n) is 7.81. The van der Waals surface area contributed by atoms with Crippen molar-refractivity contribution in [2.45, 2.75) is 25.3 Å². The first-order chi connectivity index (χ1) is 14.1. The van der Waals surface area contributed by atoms with Gasteiger partial charge in [-0.05, 0) is 47.7 Å². The maximum absolute atomic E-state index is 11.5. The normalized spacial score (nSPS) is 22.1. The molecule has 0 bridgehead atoms. The molecule has 5 rings (SSSR count). The molecule has 0 saturated heterocycles. The van der Waals surface area contributed by atoms with E-state index in [9.17, 15) is 10.1 Å². The predicted octanol–water partition coefficient (Wildman–Crippen LogP) is 5.89. The van der Waals surface area contributed by atoms with Gasteiger partial charge < -0.3 is 10.1 Å². The van der Waals surface area contributed by atoms with Crippen LogP contribution in [0, 0.1) is 23.0 Å². The SMILES string of the molecule is COc1ccc2ccccc2c1C1Nc2c(ccc([N+](=O)[O-])c2C)C2C=CCC21. The third kappa shape index (κ3) is 2.61. The molecule has 5 nitrogen and oxygen atoms in total. The minimum atomic E-state index is -0.304. The molecule has 0 radical (unpaired) electrons. The Bertz CT molecular complexity index is 1170. The average molecular weight is 386 g/mol. The van der Waals surface area contributed by atoms with Crippen LogP contribution in [0.3, 0.4) is 0 Å². The Labute approximate surface area is 169 Å². The van der Waals surface area contributed by atoms with Crippen LogP contribution in [-0.4, -0.2) is 12.0 Å². The zero-order chi connectivity index (χ0) is 20.1. The zero-order valence-corrected chi connectivity index (χ0v) is 16.4. The summed E-state index contributed by atoms with van der Waals surface area (Å²) in [5, 5.41) is 17.5. The Morgan fingerprint density at radius 2 is 1.97 bits per heavy atom. The number of nitro benzene ring substituents is 1. The highest BCUT2D eigenvalue weighted by Crippen LogP contribution is 2.53. The Balaban J connectivity index is 1.74. The Morgan fingerprint density at radius 1 is 1.14 bits per heavy atom. The largest absolute Gasteiger partial charge is 0.496 e. The fraction of sp³-hybridized carbons (Fsp3) is 0.250. The number of nitrogens with one attached hydrogen (secondary N) is 1. The van der Waals surface area contributed by atoms with Gasteiger partial charge >= 0.3 is 0 Å². The first-order valence-electron chi connectivity index (χ1n) is 9.87. The van der Waals surface area contributed by atoms with Gasteiger partial charge in [0.1, 0.15) is 5.75 Å². The molecule has 29 heavy (non-hydrogen) atoms. The van der Waals surface area contributed by atoms with Crippen LogP contribution in [0.4, 0.5) is 11.4 Å². The first-order valence-corrected chi connectivity index (χ1v) is 9.87. The molecule has 1 aliphatic carbocycles. The number of methoxy groups -OCH3 is 1. The molecule has 3 atom stereocenters. The minimum Gasteiger partial charge on any atom is -0.496 e. The lowest BCUT2D eigenvalue weighted by molar-refractivity contribution is -0.385. The highest BCUT2D eigenvalue weighted by atomic mass is 16.6. The summed E-state index contributed by atoms with van der Waals surface area (Å²) in [6.07, 6.45) is 5.44. The van der Waals surface area contributed by atoms with Crippen LogP contribution in [0.1, 0.15) is 35.1 Å². The summed E-state index contributed by atoms with van der Waals surface area (Å²) in [6.45, 7) is 1.83. The first kappa shape index (κ1) is 17.7. The van der Waals surface area contributed by atoms with Crippen LogP contribution in [-0.2, 0) is 0 Å². The summed E-state index contributed by atoms with van der Waals surface area (Å²) in [5.74, 6) is 1.42. The van der Waals surface area contributed by atoms with E-state index in [4.69, 9.17) is 4.74 Å². The van der Waals surface area contributed by atoms with Crippen LogP contribution in [0.15, 0.2) is 60.7 Å². The lowest BCUT2D eigenvalue weighted by Crippen LogP contribution is -2.30. The highest BCUT2D eigenvalue weighted by Gasteiger charge is 2.41. The third-order valence-electron chi connectivity index (χ3n) is 6.43. The number of rotatable bonds is 3. The Morgan fingerprint density at radius 3 is 2.76 bits per heavy atom. The molecule has 1 aliphatic heterocycles. The van der Waals surface area contributed by atoms with E-state index in [1.807, 2.05) is 31.2 Å². The van der Waals surface area contributed by atoms with E-state index in [1.54, 1.807) is 13.2 Å². The van der Waals surface area contributed by atoms with Crippen LogP contribution in [0.25, 0.3) is 10.8 Å². The number of hydrogen-bond donors (Lipinski definition) is 1. The summed E-state index contributed by atoms with van der Waals surface area (Å²) >= 11 is 0. The molecule has 3 unspecified atom stereocenters. The van der Waals surface area contributed by atoms with Gasteiger partial charge in [0.05, 0.1) is 23.6 Å². The van der Waals surface area contributed by atoms with E-state index in [0.29, 0.717) is 11.5 Å². The summed E-state index contributed by atoms with van der Waals surface area (Å²) < 4.78 is 5.77. The van der Waals surface area contributed by atoms with Crippen molar-refractivity contribution < 1.29 is 9.66 Å². The molecule has 0 aromatic heterocycles. The molecule has 2 aliphatic rings. The number of ether oxygens (including phenoxy) is 1. The maximum atomic E-state index is 11.5. The Kier molecular flexibility index (Phi) is 4.05. The van der Waals surface area contributed by atoms with Crippen molar-refractivity contribution in [1.82, 2.24) is 0 Å². The predicted molar refractivity (Wildman–Crippen MR) is 115 cm³/mol. The van der Waals surface area contributed by atoms with E-state index >= 15 is 0 Å². The highest BCUT2D eigenvalue weighted by molar-refractivity contribution is 5.89. The zero-order valence-electron chi connectivity index (χ0n) is 16.4. The van der Waals surface area contributed by atoms with Gasteiger partial charge in [-0.1, -0.05) is 42.5 Å². The second-order valence-corrected chi connectivity index (χ2v) is 7.81. The molecule has 0 saturated carbocycles. The monoisotopic (exact) mass is 386 g/mol. The summed E-state index contributed by atoms with van der Waals surface area (Å²) in [5.41, 5.74) is 3.99. The Hall–Kier alpha value is -3.34. The molecule has 146 valence electrons. The average Bonchev–Trinajstić information content (AvgIpc) is 3.23. The number of benzene rings is 3. The second kappa shape index (κ2) is 6.62. The van der Waals surface area contributed by atoms with Gasteiger partial charge in [0.2, 0.25) is 0 Å². The van der Waals surface area contributed by atoms with E-state index in [1.165, 1.54) is 0 Å². The van der Waals surface area contributed by atoms with E-state index < -0.39 is 0 Å². The fourth-order valence-corrected chi connectivity index (χ4v) is 5.06. The van der Waals surface area contributed by atoms with E-state index in [-0.39, 0.29) is 22.6 Å². The minimum absolute atomic E-state index is 0.00394.